The zero-order chi connectivity index (χ0) is 19.8. The maximum atomic E-state index is 10.0. The van der Waals surface area contributed by atoms with E-state index in [1.807, 2.05) is 18.8 Å². The van der Waals surface area contributed by atoms with Crippen molar-refractivity contribution >= 4 is 24.5 Å². The number of rotatable bonds is 4. The van der Waals surface area contributed by atoms with E-state index < -0.39 is 8.15 Å². The number of fused-ring (bicyclic) bond motifs is 1. The van der Waals surface area contributed by atoms with Crippen LogP contribution in [-0.2, 0) is 6.54 Å². The van der Waals surface area contributed by atoms with Gasteiger partial charge >= 0.3 is 0 Å². The molecule has 1 atom stereocenters. The third-order valence-corrected chi connectivity index (χ3v) is 6.29. The number of imidazole rings is 1. The molecule has 1 N–H and O–H groups in total. The summed E-state index contributed by atoms with van der Waals surface area (Å²) in [6.07, 6.45) is 0. The van der Waals surface area contributed by atoms with E-state index in [1.54, 1.807) is 0 Å². The van der Waals surface area contributed by atoms with Crippen molar-refractivity contribution in [1.82, 2.24) is 9.55 Å². The van der Waals surface area contributed by atoms with Crippen LogP contribution in [0.15, 0.2) is 60.7 Å². The van der Waals surface area contributed by atoms with Crippen LogP contribution in [0.25, 0.3) is 33.5 Å². The van der Waals surface area contributed by atoms with Gasteiger partial charge in [-0.05, 0) is 56.3 Å². The molecule has 142 valence electrons. The molecule has 0 aliphatic heterocycles. The van der Waals surface area contributed by atoms with E-state index in [4.69, 9.17) is 4.98 Å². The highest BCUT2D eigenvalue weighted by Crippen LogP contribution is 2.35. The first-order valence-electron chi connectivity index (χ1n) is 9.59. The molecule has 3 nitrogen and oxygen atoms in total. The van der Waals surface area contributed by atoms with Crippen LogP contribution in [0, 0.1) is 13.8 Å². The van der Waals surface area contributed by atoms with Gasteiger partial charge in [-0.15, -0.1) is 0 Å². The highest BCUT2D eigenvalue weighted by Gasteiger charge is 2.17. The molecule has 1 aromatic heterocycles. The van der Waals surface area contributed by atoms with E-state index in [0.29, 0.717) is 0 Å². The minimum Gasteiger partial charge on any atom is -0.369 e. The standard InChI is InChI=1S/C24H25N2OP/c1-5-26-23-13-11-18(28(4)27)15-22(23)25-24(26)21-9-7-6-8-20(21)19-12-10-16(2)14-17(19)3/h6-15,27H,5H2,1-4H3. The summed E-state index contributed by atoms with van der Waals surface area (Å²) in [5.41, 5.74) is 8.16. The predicted molar refractivity (Wildman–Crippen MR) is 120 cm³/mol. The summed E-state index contributed by atoms with van der Waals surface area (Å²) >= 11 is 0. The second kappa shape index (κ2) is 7.50. The Bertz CT molecular complexity index is 1160. The molecule has 0 aliphatic carbocycles. The molecule has 0 saturated carbocycles. The lowest BCUT2D eigenvalue weighted by molar-refractivity contribution is 0.641. The van der Waals surface area contributed by atoms with Gasteiger partial charge in [-0.2, -0.15) is 0 Å². The van der Waals surface area contributed by atoms with E-state index in [1.165, 1.54) is 22.3 Å². The fourth-order valence-corrected chi connectivity index (χ4v) is 4.47. The molecule has 0 radical (unpaired) electrons. The Labute approximate surface area is 167 Å². The van der Waals surface area contributed by atoms with Crippen molar-refractivity contribution in [3.63, 3.8) is 0 Å². The molecule has 3 aromatic carbocycles. The van der Waals surface area contributed by atoms with E-state index in [0.717, 1.165) is 34.3 Å². The normalized spacial score (nSPS) is 12.5. The Hall–Kier alpha value is -2.48. The van der Waals surface area contributed by atoms with E-state index >= 15 is 0 Å². The minimum atomic E-state index is -1.13. The van der Waals surface area contributed by atoms with Crippen molar-refractivity contribution in [2.75, 3.05) is 6.66 Å². The highest BCUT2D eigenvalue weighted by atomic mass is 31.1. The topological polar surface area (TPSA) is 38.0 Å². The van der Waals surface area contributed by atoms with E-state index in [2.05, 4.69) is 73.9 Å². The smallest absolute Gasteiger partial charge is 0.141 e. The van der Waals surface area contributed by atoms with Gasteiger partial charge in [0.05, 0.1) is 19.2 Å². The third-order valence-electron chi connectivity index (χ3n) is 5.26. The summed E-state index contributed by atoms with van der Waals surface area (Å²) in [6.45, 7) is 9.13. The number of hydrogen-bond donors (Lipinski definition) is 1. The Morgan fingerprint density at radius 1 is 0.929 bits per heavy atom. The lowest BCUT2D eigenvalue weighted by atomic mass is 9.94. The van der Waals surface area contributed by atoms with Crippen LogP contribution in [0.2, 0.25) is 0 Å². The molecule has 1 heterocycles. The molecule has 0 bridgehead atoms. The van der Waals surface area contributed by atoms with Gasteiger partial charge in [-0.25, -0.2) is 4.98 Å². The van der Waals surface area contributed by atoms with Crippen LogP contribution in [-0.4, -0.2) is 21.1 Å². The number of hydrogen-bond acceptors (Lipinski definition) is 2. The second-order valence-electron chi connectivity index (χ2n) is 7.24. The van der Waals surface area contributed by atoms with Gasteiger partial charge in [-0.3, -0.25) is 0 Å². The summed E-state index contributed by atoms with van der Waals surface area (Å²) in [6, 6.07) is 21.2. The first kappa shape index (κ1) is 18.9. The Balaban J connectivity index is 1.96. The maximum Gasteiger partial charge on any atom is 0.141 e. The van der Waals surface area contributed by atoms with Crippen LogP contribution < -0.4 is 5.30 Å². The molecule has 4 heteroatoms. The summed E-state index contributed by atoms with van der Waals surface area (Å²) in [7, 11) is -1.13. The zero-order valence-corrected chi connectivity index (χ0v) is 17.7. The van der Waals surface area contributed by atoms with Crippen molar-refractivity contribution < 1.29 is 4.89 Å². The number of nitrogens with zero attached hydrogens (tertiary/aromatic N) is 2. The fraction of sp³-hybridized carbons (Fsp3) is 0.208. The molecule has 0 saturated heterocycles. The summed E-state index contributed by atoms with van der Waals surface area (Å²) < 4.78 is 2.26. The molecule has 0 aliphatic rings. The van der Waals surface area contributed by atoms with Crippen molar-refractivity contribution in [3.8, 4) is 22.5 Å². The maximum absolute atomic E-state index is 10.0. The summed E-state index contributed by atoms with van der Waals surface area (Å²) in [5.74, 6) is 0.976. The molecule has 0 spiro atoms. The van der Waals surface area contributed by atoms with Crippen molar-refractivity contribution in [2.45, 2.75) is 27.3 Å². The molecule has 4 aromatic rings. The fourth-order valence-electron chi connectivity index (χ4n) is 3.87. The van der Waals surface area contributed by atoms with E-state index in [9.17, 15) is 4.89 Å². The number of benzene rings is 3. The van der Waals surface area contributed by atoms with Crippen LogP contribution >= 0.6 is 8.15 Å². The number of aryl methyl sites for hydroxylation is 3. The van der Waals surface area contributed by atoms with Gasteiger partial charge in [0, 0.05) is 17.4 Å². The first-order chi connectivity index (χ1) is 13.5. The van der Waals surface area contributed by atoms with Crippen molar-refractivity contribution in [1.29, 1.82) is 0 Å². The minimum absolute atomic E-state index is 0.840. The van der Waals surface area contributed by atoms with Gasteiger partial charge in [-0.1, -0.05) is 54.1 Å². The van der Waals surface area contributed by atoms with Gasteiger partial charge in [0.2, 0.25) is 0 Å². The summed E-state index contributed by atoms with van der Waals surface area (Å²) in [5, 5.41) is 0.956. The quantitative estimate of drug-likeness (QED) is 0.459. The van der Waals surface area contributed by atoms with Crippen LogP contribution in [0.1, 0.15) is 18.1 Å². The molecule has 28 heavy (non-hydrogen) atoms. The lowest BCUT2D eigenvalue weighted by Crippen LogP contribution is -2.00. The van der Waals surface area contributed by atoms with Gasteiger partial charge in [0.1, 0.15) is 5.82 Å². The first-order valence-corrected chi connectivity index (χ1v) is 11.3. The molecule has 4 rings (SSSR count). The van der Waals surface area contributed by atoms with Crippen molar-refractivity contribution in [2.24, 2.45) is 0 Å². The van der Waals surface area contributed by atoms with Crippen LogP contribution in [0.4, 0.5) is 0 Å². The summed E-state index contributed by atoms with van der Waals surface area (Å²) in [4.78, 5) is 15.0. The van der Waals surface area contributed by atoms with Crippen LogP contribution in [0.5, 0.6) is 0 Å². The third kappa shape index (κ3) is 3.26. The molecule has 0 amide bonds. The zero-order valence-electron chi connectivity index (χ0n) is 16.8. The van der Waals surface area contributed by atoms with Gasteiger partial charge in [0.25, 0.3) is 0 Å². The molecule has 1 unspecified atom stereocenters. The Kier molecular flexibility index (Phi) is 5.05. The largest absolute Gasteiger partial charge is 0.369 e. The number of aromatic nitrogens is 2. The SMILES string of the molecule is CCn1c(-c2ccccc2-c2ccc(C)cc2C)nc2cc(P(C)O)ccc21. The average molecular weight is 388 g/mol. The predicted octanol–water partition coefficient (Wildman–Crippen LogP) is 5.65. The van der Waals surface area contributed by atoms with Crippen LogP contribution in [0.3, 0.4) is 0 Å². The Morgan fingerprint density at radius 3 is 2.36 bits per heavy atom. The van der Waals surface area contributed by atoms with Gasteiger partial charge < -0.3 is 9.46 Å². The van der Waals surface area contributed by atoms with Crippen molar-refractivity contribution in [3.05, 3.63) is 71.8 Å². The second-order valence-corrected chi connectivity index (χ2v) is 8.80. The van der Waals surface area contributed by atoms with Gasteiger partial charge in [0.15, 0.2) is 0 Å². The monoisotopic (exact) mass is 388 g/mol. The highest BCUT2D eigenvalue weighted by molar-refractivity contribution is 7.59. The molecule has 0 fully saturated rings. The lowest BCUT2D eigenvalue weighted by Gasteiger charge is -2.14. The van der Waals surface area contributed by atoms with E-state index in [-0.39, 0.29) is 0 Å². The molecular weight excluding hydrogens is 363 g/mol. The molecular formula is C24H25N2OP. The average Bonchev–Trinajstić information content (AvgIpc) is 3.05. The Morgan fingerprint density at radius 2 is 1.68 bits per heavy atom.